The van der Waals surface area contributed by atoms with Crippen LogP contribution < -0.4 is 0 Å². The van der Waals surface area contributed by atoms with Gasteiger partial charge in [-0.25, -0.2) is 4.79 Å². The average molecular weight is 212 g/mol. The Balaban J connectivity index is 1.92. The molecule has 0 spiro atoms. The lowest BCUT2D eigenvalue weighted by Gasteiger charge is -2.27. The second-order valence-electron chi connectivity index (χ2n) is 4.46. The molecule has 2 aliphatic heterocycles. The lowest BCUT2D eigenvalue weighted by atomic mass is 10.3. The number of ether oxygens (including phenoxy) is 1. The third-order valence-electron chi connectivity index (χ3n) is 3.10. The third-order valence-corrected chi connectivity index (χ3v) is 3.10. The molecule has 0 aromatic rings. The van der Waals surface area contributed by atoms with Crippen LogP contribution in [0.2, 0.25) is 0 Å². The smallest absolute Gasteiger partial charge is 0.320 e. The predicted molar refractivity (Wildman–Crippen MR) is 57.8 cm³/mol. The van der Waals surface area contributed by atoms with Gasteiger partial charge < -0.3 is 14.5 Å². The fourth-order valence-corrected chi connectivity index (χ4v) is 2.28. The highest BCUT2D eigenvalue weighted by atomic mass is 16.5. The van der Waals surface area contributed by atoms with Crippen LogP contribution in [0.5, 0.6) is 0 Å². The topological polar surface area (TPSA) is 32.8 Å². The van der Waals surface area contributed by atoms with Gasteiger partial charge in [-0.15, -0.1) is 0 Å². The minimum Gasteiger partial charge on any atom is -0.377 e. The van der Waals surface area contributed by atoms with Gasteiger partial charge in [0.1, 0.15) is 0 Å². The SMILES string of the molecule is CC1CN(C(=O)N2CCCC2)CCCO1. The van der Waals surface area contributed by atoms with E-state index in [1.165, 1.54) is 0 Å². The Labute approximate surface area is 91.2 Å². The summed E-state index contributed by atoms with van der Waals surface area (Å²) >= 11 is 0. The van der Waals surface area contributed by atoms with E-state index in [2.05, 4.69) is 0 Å². The monoisotopic (exact) mass is 212 g/mol. The van der Waals surface area contributed by atoms with Crippen LogP contribution in [0, 0.1) is 0 Å². The van der Waals surface area contributed by atoms with Gasteiger partial charge in [0, 0.05) is 32.8 Å². The zero-order chi connectivity index (χ0) is 10.7. The van der Waals surface area contributed by atoms with Crippen molar-refractivity contribution in [1.29, 1.82) is 0 Å². The highest BCUT2D eigenvalue weighted by Crippen LogP contribution is 2.13. The van der Waals surface area contributed by atoms with Crippen molar-refractivity contribution < 1.29 is 9.53 Å². The van der Waals surface area contributed by atoms with Gasteiger partial charge in [0.25, 0.3) is 0 Å². The molecule has 4 heteroatoms. The van der Waals surface area contributed by atoms with E-state index in [-0.39, 0.29) is 12.1 Å². The van der Waals surface area contributed by atoms with Crippen LogP contribution in [0.3, 0.4) is 0 Å². The number of amides is 2. The van der Waals surface area contributed by atoms with Gasteiger partial charge in [-0.3, -0.25) is 0 Å². The first-order valence-electron chi connectivity index (χ1n) is 5.93. The van der Waals surface area contributed by atoms with Gasteiger partial charge >= 0.3 is 6.03 Å². The quantitative estimate of drug-likeness (QED) is 0.606. The van der Waals surface area contributed by atoms with Crippen LogP contribution in [-0.2, 0) is 4.74 Å². The molecule has 0 N–H and O–H groups in total. The summed E-state index contributed by atoms with van der Waals surface area (Å²) in [5.74, 6) is 0. The predicted octanol–water partition coefficient (Wildman–Crippen LogP) is 1.31. The lowest BCUT2D eigenvalue weighted by molar-refractivity contribution is 0.0686. The third kappa shape index (κ3) is 2.62. The Morgan fingerprint density at radius 2 is 1.80 bits per heavy atom. The summed E-state index contributed by atoms with van der Waals surface area (Å²) in [7, 11) is 0. The zero-order valence-corrected chi connectivity index (χ0v) is 9.45. The molecule has 1 atom stereocenters. The van der Waals surface area contributed by atoms with E-state index in [9.17, 15) is 4.79 Å². The van der Waals surface area contributed by atoms with Crippen LogP contribution in [0.1, 0.15) is 26.2 Å². The number of carbonyl (C=O) groups is 1. The molecule has 2 fully saturated rings. The molecule has 0 aromatic carbocycles. The minimum atomic E-state index is 0.180. The fourth-order valence-electron chi connectivity index (χ4n) is 2.28. The van der Waals surface area contributed by atoms with Gasteiger partial charge in [-0.1, -0.05) is 0 Å². The molecule has 15 heavy (non-hydrogen) atoms. The minimum absolute atomic E-state index is 0.180. The van der Waals surface area contributed by atoms with Crippen molar-refractivity contribution in [3.05, 3.63) is 0 Å². The second kappa shape index (κ2) is 4.84. The van der Waals surface area contributed by atoms with E-state index in [0.29, 0.717) is 0 Å². The van der Waals surface area contributed by atoms with E-state index >= 15 is 0 Å². The van der Waals surface area contributed by atoms with Gasteiger partial charge in [-0.2, -0.15) is 0 Å². The van der Waals surface area contributed by atoms with Crippen LogP contribution in [0.25, 0.3) is 0 Å². The molecule has 0 saturated carbocycles. The number of hydrogen-bond donors (Lipinski definition) is 0. The first-order chi connectivity index (χ1) is 7.27. The highest BCUT2D eigenvalue weighted by molar-refractivity contribution is 5.74. The molecule has 2 amide bonds. The van der Waals surface area contributed by atoms with Crippen LogP contribution in [0.15, 0.2) is 0 Å². The maximum atomic E-state index is 12.1. The molecule has 0 radical (unpaired) electrons. The van der Waals surface area contributed by atoms with Crippen molar-refractivity contribution in [2.75, 3.05) is 32.8 Å². The number of urea groups is 1. The number of likely N-dealkylation sites (tertiary alicyclic amines) is 1. The maximum absolute atomic E-state index is 12.1. The molecule has 0 aromatic heterocycles. The summed E-state index contributed by atoms with van der Waals surface area (Å²) in [5.41, 5.74) is 0. The molecular weight excluding hydrogens is 192 g/mol. The van der Waals surface area contributed by atoms with Crippen molar-refractivity contribution in [2.45, 2.75) is 32.3 Å². The van der Waals surface area contributed by atoms with Gasteiger partial charge in [0.15, 0.2) is 0 Å². The lowest BCUT2D eigenvalue weighted by Crippen LogP contribution is -2.44. The molecule has 86 valence electrons. The summed E-state index contributed by atoms with van der Waals surface area (Å²) in [5, 5.41) is 0. The first-order valence-corrected chi connectivity index (χ1v) is 5.93. The molecule has 4 nitrogen and oxygen atoms in total. The number of nitrogens with zero attached hydrogens (tertiary/aromatic N) is 2. The van der Waals surface area contributed by atoms with Crippen molar-refractivity contribution >= 4 is 6.03 Å². The van der Waals surface area contributed by atoms with E-state index in [1.54, 1.807) is 0 Å². The molecule has 2 saturated heterocycles. The number of rotatable bonds is 0. The Bertz CT molecular complexity index is 227. The van der Waals surface area contributed by atoms with Crippen molar-refractivity contribution in [2.24, 2.45) is 0 Å². The Kier molecular flexibility index (Phi) is 3.46. The zero-order valence-electron chi connectivity index (χ0n) is 9.45. The van der Waals surface area contributed by atoms with E-state index in [4.69, 9.17) is 4.74 Å². The van der Waals surface area contributed by atoms with E-state index in [1.807, 2.05) is 16.7 Å². The molecule has 2 heterocycles. The maximum Gasteiger partial charge on any atom is 0.320 e. The number of carbonyl (C=O) groups excluding carboxylic acids is 1. The molecular formula is C11H20N2O2. The average Bonchev–Trinajstić information content (AvgIpc) is 2.67. The largest absolute Gasteiger partial charge is 0.377 e. The summed E-state index contributed by atoms with van der Waals surface area (Å²) in [6, 6.07) is 0.213. The Hall–Kier alpha value is -0.770. The summed E-state index contributed by atoms with van der Waals surface area (Å²) in [6.45, 7) is 6.28. The summed E-state index contributed by atoms with van der Waals surface area (Å²) in [6.07, 6.45) is 3.46. The molecule has 2 rings (SSSR count). The van der Waals surface area contributed by atoms with Crippen LogP contribution >= 0.6 is 0 Å². The van der Waals surface area contributed by atoms with Crippen LogP contribution in [0.4, 0.5) is 4.79 Å². The highest BCUT2D eigenvalue weighted by Gasteiger charge is 2.25. The van der Waals surface area contributed by atoms with Crippen molar-refractivity contribution in [3.63, 3.8) is 0 Å². The summed E-state index contributed by atoms with van der Waals surface area (Å²) in [4.78, 5) is 16.0. The molecule has 0 bridgehead atoms. The fraction of sp³-hybridized carbons (Fsp3) is 0.909. The molecule has 1 unspecified atom stereocenters. The van der Waals surface area contributed by atoms with Crippen molar-refractivity contribution in [1.82, 2.24) is 9.80 Å². The molecule has 2 aliphatic rings. The molecule has 0 aliphatic carbocycles. The standard InChI is InChI=1S/C11H20N2O2/c1-10-9-13(7-4-8-15-10)11(14)12-5-2-3-6-12/h10H,2-9H2,1H3. The summed E-state index contributed by atoms with van der Waals surface area (Å²) < 4.78 is 5.53. The van der Waals surface area contributed by atoms with Gasteiger partial charge in [-0.05, 0) is 26.2 Å². The van der Waals surface area contributed by atoms with E-state index in [0.717, 1.165) is 52.0 Å². The Morgan fingerprint density at radius 3 is 2.53 bits per heavy atom. The normalized spacial score (nSPS) is 27.9. The van der Waals surface area contributed by atoms with Gasteiger partial charge in [0.2, 0.25) is 0 Å². The van der Waals surface area contributed by atoms with E-state index < -0.39 is 0 Å². The van der Waals surface area contributed by atoms with Crippen molar-refractivity contribution in [3.8, 4) is 0 Å². The second-order valence-corrected chi connectivity index (χ2v) is 4.46. The van der Waals surface area contributed by atoms with Gasteiger partial charge in [0.05, 0.1) is 6.10 Å². The van der Waals surface area contributed by atoms with Crippen LogP contribution in [-0.4, -0.2) is 54.7 Å². The first kappa shape index (κ1) is 10.7. The Morgan fingerprint density at radius 1 is 1.13 bits per heavy atom. The number of hydrogen-bond acceptors (Lipinski definition) is 2.